The maximum absolute atomic E-state index is 10.9. The third-order valence-corrected chi connectivity index (χ3v) is 1.61. The zero-order valence-corrected chi connectivity index (χ0v) is 8.04. The summed E-state index contributed by atoms with van der Waals surface area (Å²) in [6, 6.07) is 0. The lowest BCUT2D eigenvalue weighted by atomic mass is 10.3. The van der Waals surface area contributed by atoms with Crippen LogP contribution in [0.1, 0.15) is 0 Å². The van der Waals surface area contributed by atoms with Gasteiger partial charge in [0.1, 0.15) is 5.88 Å². The third kappa shape index (κ3) is 4.54. The van der Waals surface area contributed by atoms with Gasteiger partial charge < -0.3 is 14.7 Å². The number of hydrogen-bond acceptors (Lipinski definition) is 3. The molecule has 0 radical (unpaired) electrons. The Balaban J connectivity index is 3.67. The number of aliphatic hydroxyl groups excluding tert-OH is 1. The number of aliphatic hydroxyl groups is 1. The third-order valence-electron chi connectivity index (χ3n) is 1.38. The second-order valence-electron chi connectivity index (χ2n) is 2.52. The molecule has 72 valence electrons. The van der Waals surface area contributed by atoms with E-state index in [9.17, 15) is 9.90 Å². The van der Waals surface area contributed by atoms with Crippen LogP contribution in [-0.4, -0.2) is 55.2 Å². The molecule has 0 aromatic rings. The topological polar surface area (TPSA) is 49.8 Å². The normalized spacial score (nSPS) is 12.7. The lowest BCUT2D eigenvalue weighted by Gasteiger charge is -2.19. The molecular weight excluding hydrogens is 182 g/mol. The van der Waals surface area contributed by atoms with Crippen molar-refractivity contribution < 1.29 is 14.6 Å². The second kappa shape index (κ2) is 6.22. The first-order valence-corrected chi connectivity index (χ1v) is 4.12. The van der Waals surface area contributed by atoms with Crippen molar-refractivity contribution in [1.29, 1.82) is 0 Å². The highest BCUT2D eigenvalue weighted by molar-refractivity contribution is 6.27. The highest BCUT2D eigenvalue weighted by atomic mass is 35.5. The first-order valence-electron chi connectivity index (χ1n) is 3.58. The van der Waals surface area contributed by atoms with Gasteiger partial charge in [-0.25, -0.2) is 0 Å². The predicted octanol–water partition coefficient (Wildman–Crippen LogP) is -0.309. The van der Waals surface area contributed by atoms with Gasteiger partial charge in [-0.15, -0.1) is 11.6 Å². The fourth-order valence-electron chi connectivity index (χ4n) is 0.765. The first-order chi connectivity index (χ1) is 5.61. The Morgan fingerprint density at radius 1 is 1.75 bits per heavy atom. The maximum Gasteiger partial charge on any atom is 0.237 e. The molecule has 1 unspecified atom stereocenters. The molecule has 0 aliphatic rings. The fraction of sp³-hybridized carbons (Fsp3) is 0.857. The molecule has 1 N–H and O–H groups in total. The standard InChI is InChI=1S/C7H14ClNO3/c1-9(7(11)3-8)4-6(10)5-12-2/h6,10H,3-5H2,1-2H3. The number of methoxy groups -OCH3 is 1. The smallest absolute Gasteiger partial charge is 0.237 e. The van der Waals surface area contributed by atoms with E-state index in [0.717, 1.165) is 0 Å². The van der Waals surface area contributed by atoms with Crippen LogP contribution in [0.3, 0.4) is 0 Å². The van der Waals surface area contributed by atoms with Gasteiger partial charge in [0.25, 0.3) is 0 Å². The van der Waals surface area contributed by atoms with Gasteiger partial charge in [-0.2, -0.15) is 0 Å². The Bertz CT molecular complexity index is 143. The molecule has 0 fully saturated rings. The number of carbonyl (C=O) groups is 1. The van der Waals surface area contributed by atoms with E-state index >= 15 is 0 Å². The molecule has 0 saturated carbocycles. The van der Waals surface area contributed by atoms with Crippen LogP contribution >= 0.6 is 11.6 Å². The minimum absolute atomic E-state index is 0.0593. The van der Waals surface area contributed by atoms with E-state index in [2.05, 4.69) is 0 Å². The molecule has 1 amide bonds. The summed E-state index contributed by atoms with van der Waals surface area (Å²) in [5, 5.41) is 9.20. The molecule has 0 aliphatic heterocycles. The summed E-state index contributed by atoms with van der Waals surface area (Å²) in [7, 11) is 3.08. The van der Waals surface area contributed by atoms with E-state index in [4.69, 9.17) is 16.3 Å². The van der Waals surface area contributed by atoms with Crippen molar-refractivity contribution in [1.82, 2.24) is 4.90 Å². The minimum atomic E-state index is -0.646. The summed E-state index contributed by atoms with van der Waals surface area (Å²) in [6.07, 6.45) is -0.646. The maximum atomic E-state index is 10.9. The summed E-state index contributed by atoms with van der Waals surface area (Å²) in [5.74, 6) is -0.261. The largest absolute Gasteiger partial charge is 0.389 e. The number of alkyl halides is 1. The van der Waals surface area contributed by atoms with Gasteiger partial charge in [0.05, 0.1) is 12.7 Å². The van der Waals surface area contributed by atoms with Crippen LogP contribution < -0.4 is 0 Å². The number of hydrogen-bond donors (Lipinski definition) is 1. The van der Waals surface area contributed by atoms with E-state index in [-0.39, 0.29) is 24.9 Å². The van der Waals surface area contributed by atoms with Gasteiger partial charge in [0.15, 0.2) is 0 Å². The zero-order valence-electron chi connectivity index (χ0n) is 7.29. The van der Waals surface area contributed by atoms with Gasteiger partial charge in [0, 0.05) is 20.7 Å². The molecular formula is C7H14ClNO3. The van der Waals surface area contributed by atoms with Crippen LogP contribution in [0.4, 0.5) is 0 Å². The molecule has 1 atom stereocenters. The summed E-state index contributed by atoms with van der Waals surface area (Å²) in [5.41, 5.74) is 0. The van der Waals surface area contributed by atoms with Crippen molar-refractivity contribution in [3.63, 3.8) is 0 Å². The van der Waals surface area contributed by atoms with E-state index in [1.807, 2.05) is 0 Å². The number of rotatable bonds is 5. The average molecular weight is 196 g/mol. The quantitative estimate of drug-likeness (QED) is 0.613. The summed E-state index contributed by atoms with van der Waals surface area (Å²) >= 11 is 5.30. The van der Waals surface area contributed by atoms with Crippen LogP contribution in [0.2, 0.25) is 0 Å². The second-order valence-corrected chi connectivity index (χ2v) is 2.78. The number of likely N-dealkylation sites (N-methyl/N-ethyl adjacent to an activating group) is 1. The van der Waals surface area contributed by atoms with Crippen LogP contribution in [0.25, 0.3) is 0 Å². The molecule has 0 aliphatic carbocycles. The van der Waals surface area contributed by atoms with Gasteiger partial charge in [-0.1, -0.05) is 0 Å². The van der Waals surface area contributed by atoms with Gasteiger partial charge in [-0.05, 0) is 0 Å². The SMILES string of the molecule is COCC(O)CN(C)C(=O)CCl. The van der Waals surface area contributed by atoms with Gasteiger partial charge in [0.2, 0.25) is 5.91 Å². The Labute approximate surface area is 77.1 Å². The first kappa shape index (κ1) is 11.7. The summed E-state index contributed by atoms with van der Waals surface area (Å²) in [6.45, 7) is 0.472. The van der Waals surface area contributed by atoms with Gasteiger partial charge in [-0.3, -0.25) is 4.79 Å². The van der Waals surface area contributed by atoms with Crippen LogP contribution in [0, 0.1) is 0 Å². The lowest BCUT2D eigenvalue weighted by molar-refractivity contribution is -0.128. The number of carbonyl (C=O) groups excluding carboxylic acids is 1. The Morgan fingerprint density at radius 2 is 2.33 bits per heavy atom. The molecule has 0 rings (SSSR count). The molecule has 0 heterocycles. The zero-order chi connectivity index (χ0) is 9.56. The van der Waals surface area contributed by atoms with Crippen molar-refractivity contribution in [3.8, 4) is 0 Å². The molecule has 12 heavy (non-hydrogen) atoms. The van der Waals surface area contributed by atoms with Crippen LogP contribution in [0.5, 0.6) is 0 Å². The highest BCUT2D eigenvalue weighted by Crippen LogP contribution is 1.92. The molecule has 5 heteroatoms. The molecule has 0 saturated heterocycles. The van der Waals surface area contributed by atoms with Crippen LogP contribution in [0.15, 0.2) is 0 Å². The van der Waals surface area contributed by atoms with Crippen molar-refractivity contribution in [2.45, 2.75) is 6.10 Å². The molecule has 0 spiro atoms. The van der Waals surface area contributed by atoms with Crippen molar-refractivity contribution in [2.24, 2.45) is 0 Å². The van der Waals surface area contributed by atoms with Crippen molar-refractivity contribution >= 4 is 17.5 Å². The average Bonchev–Trinajstić information content (AvgIpc) is 2.03. The monoisotopic (exact) mass is 195 g/mol. The van der Waals surface area contributed by atoms with E-state index < -0.39 is 6.10 Å². The Kier molecular flexibility index (Phi) is 6.06. The highest BCUT2D eigenvalue weighted by Gasteiger charge is 2.11. The van der Waals surface area contributed by atoms with Crippen LogP contribution in [-0.2, 0) is 9.53 Å². The Hall–Kier alpha value is -0.320. The van der Waals surface area contributed by atoms with Crippen molar-refractivity contribution in [3.05, 3.63) is 0 Å². The summed E-state index contributed by atoms with van der Waals surface area (Å²) in [4.78, 5) is 12.3. The van der Waals surface area contributed by atoms with E-state index in [0.29, 0.717) is 0 Å². The molecule has 4 nitrogen and oxygen atoms in total. The molecule has 0 aromatic carbocycles. The molecule has 0 bridgehead atoms. The number of halogens is 1. The van der Waals surface area contributed by atoms with Crippen molar-refractivity contribution in [2.75, 3.05) is 33.2 Å². The number of ether oxygens (including phenoxy) is 1. The van der Waals surface area contributed by atoms with E-state index in [1.165, 1.54) is 12.0 Å². The lowest BCUT2D eigenvalue weighted by Crippen LogP contribution is -2.36. The predicted molar refractivity (Wildman–Crippen MR) is 46.2 cm³/mol. The fourth-order valence-corrected chi connectivity index (χ4v) is 0.969. The molecule has 0 aromatic heterocycles. The minimum Gasteiger partial charge on any atom is -0.389 e. The van der Waals surface area contributed by atoms with E-state index in [1.54, 1.807) is 7.05 Å². The number of amides is 1. The number of nitrogens with zero attached hydrogens (tertiary/aromatic N) is 1. The summed E-state index contributed by atoms with van der Waals surface area (Å²) < 4.78 is 4.70. The Morgan fingerprint density at radius 3 is 2.75 bits per heavy atom. The van der Waals surface area contributed by atoms with Gasteiger partial charge >= 0.3 is 0 Å².